The number of H-pyrrole nitrogens is 1. The standard InChI is InChI=1S/C10H8N2O3/c11-10(14)15-7-3-1-2-6-4-5-8(13)12-9(6)7/h1-5H,(H2,11,14)(H,12,13). The van der Waals surface area contributed by atoms with E-state index in [0.717, 1.165) is 5.39 Å². The summed E-state index contributed by atoms with van der Waals surface area (Å²) in [4.78, 5) is 24.3. The molecular formula is C10H8N2O3. The number of pyridine rings is 1. The van der Waals surface area contributed by atoms with Crippen molar-refractivity contribution < 1.29 is 9.53 Å². The Balaban J connectivity index is 2.68. The molecule has 0 radical (unpaired) electrons. The molecule has 0 saturated carbocycles. The fraction of sp³-hybridized carbons (Fsp3) is 0. The molecule has 2 aromatic rings. The van der Waals surface area contributed by atoms with Crippen LogP contribution in [-0.4, -0.2) is 11.1 Å². The third-order valence-corrected chi connectivity index (χ3v) is 1.93. The Morgan fingerprint density at radius 3 is 2.80 bits per heavy atom. The average molecular weight is 204 g/mol. The van der Waals surface area contributed by atoms with Crippen LogP contribution in [0.3, 0.4) is 0 Å². The zero-order valence-electron chi connectivity index (χ0n) is 7.69. The fourth-order valence-corrected chi connectivity index (χ4v) is 1.34. The second kappa shape index (κ2) is 3.45. The predicted octanol–water partition coefficient (Wildman–Crippen LogP) is 0.986. The number of carbonyl (C=O) groups excluding carboxylic acids is 1. The molecule has 0 aliphatic rings. The highest BCUT2D eigenvalue weighted by Gasteiger charge is 2.04. The van der Waals surface area contributed by atoms with Gasteiger partial charge in [0.15, 0.2) is 5.75 Å². The minimum Gasteiger partial charge on any atom is -0.408 e. The van der Waals surface area contributed by atoms with Gasteiger partial charge in [-0.3, -0.25) is 4.79 Å². The first-order valence-corrected chi connectivity index (χ1v) is 4.26. The second-order valence-electron chi connectivity index (χ2n) is 2.96. The monoisotopic (exact) mass is 204 g/mol. The van der Waals surface area contributed by atoms with E-state index in [0.29, 0.717) is 5.52 Å². The topological polar surface area (TPSA) is 85.2 Å². The highest BCUT2D eigenvalue weighted by molar-refractivity contribution is 5.86. The Hall–Kier alpha value is -2.30. The summed E-state index contributed by atoms with van der Waals surface area (Å²) in [7, 11) is 0. The summed E-state index contributed by atoms with van der Waals surface area (Å²) in [5, 5.41) is 0.772. The maximum absolute atomic E-state index is 11.1. The zero-order chi connectivity index (χ0) is 10.8. The number of rotatable bonds is 1. The molecule has 0 atom stereocenters. The number of nitrogens with two attached hydrogens (primary N) is 1. The Morgan fingerprint density at radius 1 is 1.27 bits per heavy atom. The summed E-state index contributed by atoms with van der Waals surface area (Å²) in [6, 6.07) is 8.10. The molecule has 1 heterocycles. The predicted molar refractivity (Wildman–Crippen MR) is 54.8 cm³/mol. The van der Waals surface area contributed by atoms with E-state index < -0.39 is 6.09 Å². The van der Waals surface area contributed by atoms with Crippen LogP contribution >= 0.6 is 0 Å². The molecule has 0 aliphatic carbocycles. The Labute approximate surface area is 84.5 Å². The molecule has 1 aromatic carbocycles. The number of hydrogen-bond acceptors (Lipinski definition) is 3. The molecule has 1 amide bonds. The summed E-state index contributed by atoms with van der Waals surface area (Å²) in [5.74, 6) is 0.248. The summed E-state index contributed by atoms with van der Waals surface area (Å²) in [5.41, 5.74) is 5.10. The lowest BCUT2D eigenvalue weighted by atomic mass is 10.2. The van der Waals surface area contributed by atoms with Gasteiger partial charge < -0.3 is 15.5 Å². The Kier molecular flexibility index (Phi) is 2.13. The van der Waals surface area contributed by atoms with Gasteiger partial charge in [0.05, 0.1) is 5.52 Å². The van der Waals surface area contributed by atoms with Crippen molar-refractivity contribution in [2.75, 3.05) is 0 Å². The molecule has 0 aliphatic heterocycles. The average Bonchev–Trinajstić information content (AvgIpc) is 2.18. The van der Waals surface area contributed by atoms with Gasteiger partial charge in [-0.1, -0.05) is 12.1 Å². The van der Waals surface area contributed by atoms with Crippen LogP contribution in [0.5, 0.6) is 5.75 Å². The largest absolute Gasteiger partial charge is 0.410 e. The van der Waals surface area contributed by atoms with Gasteiger partial charge in [0, 0.05) is 11.5 Å². The van der Waals surface area contributed by atoms with E-state index in [1.807, 2.05) is 0 Å². The lowest BCUT2D eigenvalue weighted by molar-refractivity contribution is 0.211. The Bertz CT molecular complexity index is 574. The van der Waals surface area contributed by atoms with Crippen LogP contribution in [-0.2, 0) is 0 Å². The molecule has 0 unspecified atom stereocenters. The van der Waals surface area contributed by atoms with E-state index in [4.69, 9.17) is 10.5 Å². The van der Waals surface area contributed by atoms with E-state index in [-0.39, 0.29) is 11.3 Å². The van der Waals surface area contributed by atoms with Crippen molar-refractivity contribution in [3.8, 4) is 5.75 Å². The van der Waals surface area contributed by atoms with Gasteiger partial charge in [-0.25, -0.2) is 4.79 Å². The third kappa shape index (κ3) is 1.80. The number of ether oxygens (including phenoxy) is 1. The molecule has 0 fully saturated rings. The van der Waals surface area contributed by atoms with Crippen molar-refractivity contribution in [1.82, 2.24) is 4.98 Å². The number of fused-ring (bicyclic) bond motifs is 1. The van der Waals surface area contributed by atoms with Crippen molar-refractivity contribution in [3.05, 3.63) is 40.7 Å². The number of amides is 1. The summed E-state index contributed by atoms with van der Waals surface area (Å²) in [6.07, 6.45) is -0.910. The quantitative estimate of drug-likeness (QED) is 0.726. The lowest BCUT2D eigenvalue weighted by Crippen LogP contribution is -2.17. The first kappa shape index (κ1) is 9.26. The molecule has 1 aromatic heterocycles. The number of benzene rings is 1. The van der Waals surface area contributed by atoms with Crippen LogP contribution < -0.4 is 16.0 Å². The van der Waals surface area contributed by atoms with Crippen molar-refractivity contribution in [1.29, 1.82) is 0 Å². The van der Waals surface area contributed by atoms with E-state index in [9.17, 15) is 9.59 Å². The highest BCUT2D eigenvalue weighted by atomic mass is 16.5. The van der Waals surface area contributed by atoms with Crippen molar-refractivity contribution >= 4 is 17.0 Å². The van der Waals surface area contributed by atoms with Gasteiger partial charge >= 0.3 is 6.09 Å². The molecule has 5 heteroatoms. The first-order chi connectivity index (χ1) is 7.16. The van der Waals surface area contributed by atoms with E-state index in [1.54, 1.807) is 24.3 Å². The van der Waals surface area contributed by atoms with Crippen molar-refractivity contribution in [2.45, 2.75) is 0 Å². The van der Waals surface area contributed by atoms with Crippen LogP contribution in [0.15, 0.2) is 35.1 Å². The summed E-state index contributed by atoms with van der Waals surface area (Å²) >= 11 is 0. The minimum atomic E-state index is -0.910. The van der Waals surface area contributed by atoms with Gasteiger partial charge in [-0.05, 0) is 12.1 Å². The normalized spacial score (nSPS) is 10.1. The molecule has 2 rings (SSSR count). The summed E-state index contributed by atoms with van der Waals surface area (Å²) in [6.45, 7) is 0. The highest BCUT2D eigenvalue weighted by Crippen LogP contribution is 2.21. The van der Waals surface area contributed by atoms with Crippen LogP contribution in [0.25, 0.3) is 10.9 Å². The van der Waals surface area contributed by atoms with Gasteiger partial charge in [0.25, 0.3) is 0 Å². The molecule has 5 nitrogen and oxygen atoms in total. The van der Waals surface area contributed by atoms with Crippen molar-refractivity contribution in [3.63, 3.8) is 0 Å². The molecule has 15 heavy (non-hydrogen) atoms. The molecule has 0 bridgehead atoms. The summed E-state index contributed by atoms with van der Waals surface area (Å²) < 4.78 is 4.75. The fourth-order valence-electron chi connectivity index (χ4n) is 1.34. The Morgan fingerprint density at radius 2 is 2.07 bits per heavy atom. The van der Waals surface area contributed by atoms with Crippen LogP contribution in [0.2, 0.25) is 0 Å². The molecule has 0 saturated heterocycles. The maximum atomic E-state index is 11.1. The van der Waals surface area contributed by atoms with Crippen molar-refractivity contribution in [2.24, 2.45) is 5.73 Å². The van der Waals surface area contributed by atoms with Gasteiger partial charge in [-0.2, -0.15) is 0 Å². The van der Waals surface area contributed by atoms with E-state index >= 15 is 0 Å². The smallest absolute Gasteiger partial charge is 0.408 e. The SMILES string of the molecule is NC(=O)Oc1cccc2ccc(=O)[nH]c12. The minimum absolute atomic E-state index is 0.248. The third-order valence-electron chi connectivity index (χ3n) is 1.93. The second-order valence-corrected chi connectivity index (χ2v) is 2.96. The lowest BCUT2D eigenvalue weighted by Gasteiger charge is -2.04. The van der Waals surface area contributed by atoms with Gasteiger partial charge in [0.1, 0.15) is 0 Å². The van der Waals surface area contributed by atoms with Crippen LogP contribution in [0.4, 0.5) is 4.79 Å². The molecular weight excluding hydrogens is 196 g/mol. The number of aromatic amines is 1. The maximum Gasteiger partial charge on any atom is 0.410 e. The number of primary amides is 1. The first-order valence-electron chi connectivity index (χ1n) is 4.26. The number of hydrogen-bond donors (Lipinski definition) is 2. The van der Waals surface area contributed by atoms with Crippen LogP contribution in [0, 0.1) is 0 Å². The van der Waals surface area contributed by atoms with Gasteiger partial charge in [0.2, 0.25) is 5.56 Å². The number of carbonyl (C=O) groups is 1. The molecule has 0 spiro atoms. The number of para-hydroxylation sites is 1. The van der Waals surface area contributed by atoms with E-state index in [2.05, 4.69) is 4.98 Å². The number of nitrogens with one attached hydrogen (secondary N) is 1. The molecule has 76 valence electrons. The van der Waals surface area contributed by atoms with Crippen LogP contribution in [0.1, 0.15) is 0 Å². The number of aromatic nitrogens is 1. The van der Waals surface area contributed by atoms with E-state index in [1.165, 1.54) is 6.07 Å². The van der Waals surface area contributed by atoms with Gasteiger partial charge in [-0.15, -0.1) is 0 Å². The zero-order valence-corrected chi connectivity index (χ0v) is 7.69. The molecule has 3 N–H and O–H groups in total.